The van der Waals surface area contributed by atoms with Gasteiger partial charge in [-0.05, 0) is 38.0 Å². The summed E-state index contributed by atoms with van der Waals surface area (Å²) in [7, 11) is -2.10. The molecule has 5 atom stereocenters. The summed E-state index contributed by atoms with van der Waals surface area (Å²) in [5.74, 6) is -0.563. The average molecular weight is 410 g/mol. The van der Waals surface area contributed by atoms with Crippen LogP contribution in [0.25, 0.3) is 0 Å². The minimum atomic E-state index is -2.10. The number of nitrogens with one attached hydrogen (secondary N) is 1. The van der Waals surface area contributed by atoms with Gasteiger partial charge in [0.1, 0.15) is 18.0 Å². The van der Waals surface area contributed by atoms with Crippen LogP contribution in [0.5, 0.6) is 5.75 Å². The average Bonchev–Trinajstić information content (AvgIpc) is 2.90. The number of ether oxygens (including phenoxy) is 2. The van der Waals surface area contributed by atoms with Crippen LogP contribution in [-0.4, -0.2) is 55.3 Å². The molecule has 3 N–H and O–H groups in total. The molecule has 2 heterocycles. The molecule has 158 valence electrons. The van der Waals surface area contributed by atoms with Crippen LogP contribution in [0.3, 0.4) is 0 Å². The minimum absolute atomic E-state index is 0.0338. The van der Waals surface area contributed by atoms with E-state index in [0.717, 1.165) is 5.56 Å². The third kappa shape index (κ3) is 4.01. The van der Waals surface area contributed by atoms with E-state index in [1.807, 2.05) is 26.0 Å². The summed E-state index contributed by atoms with van der Waals surface area (Å²) in [6.45, 7) is 14.7. The van der Waals surface area contributed by atoms with Crippen LogP contribution in [0.1, 0.15) is 46.2 Å². The van der Waals surface area contributed by atoms with E-state index in [0.29, 0.717) is 0 Å². The van der Waals surface area contributed by atoms with Gasteiger partial charge in [-0.1, -0.05) is 39.0 Å². The molecule has 2 fully saturated rings. The lowest BCUT2D eigenvalue weighted by molar-refractivity contribution is -0.153. The molecular weight excluding hydrogens is 374 g/mol. The third-order valence-electron chi connectivity index (χ3n) is 6.31. The second-order valence-corrected chi connectivity index (χ2v) is 14.7. The highest BCUT2D eigenvalue weighted by atomic mass is 28.4. The van der Waals surface area contributed by atoms with E-state index in [9.17, 15) is 10.2 Å². The summed E-state index contributed by atoms with van der Waals surface area (Å²) in [6, 6.07) is 6.60. The van der Waals surface area contributed by atoms with Crippen molar-refractivity contribution in [2.75, 3.05) is 6.61 Å². The quantitative estimate of drug-likeness (QED) is 0.662. The van der Waals surface area contributed by atoms with Gasteiger partial charge in [-0.2, -0.15) is 0 Å². The molecule has 0 bridgehead atoms. The normalized spacial score (nSPS) is 32.9. The van der Waals surface area contributed by atoms with E-state index in [1.165, 1.54) is 0 Å². The Morgan fingerprint density at radius 2 is 1.75 bits per heavy atom. The number of benzene rings is 1. The second kappa shape index (κ2) is 7.38. The van der Waals surface area contributed by atoms with Crippen LogP contribution < -0.4 is 5.32 Å². The lowest BCUT2D eigenvalue weighted by Crippen LogP contribution is -2.64. The Balaban J connectivity index is 1.98. The molecule has 2 aliphatic heterocycles. The van der Waals surface area contributed by atoms with Crippen molar-refractivity contribution in [2.24, 2.45) is 0 Å². The van der Waals surface area contributed by atoms with E-state index < -0.39 is 14.1 Å². The monoisotopic (exact) mass is 409 g/mol. The lowest BCUT2D eigenvalue weighted by atomic mass is 9.86. The van der Waals surface area contributed by atoms with Crippen molar-refractivity contribution in [1.82, 2.24) is 5.32 Å². The highest BCUT2D eigenvalue weighted by Gasteiger charge is 2.57. The molecule has 0 spiro atoms. The molecule has 1 aromatic rings. The van der Waals surface area contributed by atoms with Gasteiger partial charge < -0.3 is 29.4 Å². The van der Waals surface area contributed by atoms with Crippen LogP contribution in [0.15, 0.2) is 24.3 Å². The largest absolute Gasteiger partial charge is 0.508 e. The zero-order valence-corrected chi connectivity index (χ0v) is 19.0. The maximum Gasteiger partial charge on any atom is 0.192 e. The van der Waals surface area contributed by atoms with Crippen molar-refractivity contribution in [3.8, 4) is 5.75 Å². The van der Waals surface area contributed by atoms with Gasteiger partial charge in [0, 0.05) is 5.56 Å². The number of aliphatic hydroxyl groups excluding tert-OH is 1. The second-order valence-electron chi connectivity index (χ2n) is 9.90. The summed E-state index contributed by atoms with van der Waals surface area (Å²) in [5.41, 5.74) is 0.739. The molecule has 2 aliphatic rings. The Kier molecular flexibility index (Phi) is 5.73. The Hall–Kier alpha value is -0.963. The van der Waals surface area contributed by atoms with Crippen LogP contribution in [0.2, 0.25) is 18.1 Å². The molecule has 3 rings (SSSR count). The Morgan fingerprint density at radius 1 is 1.14 bits per heavy atom. The number of aromatic hydroxyl groups is 1. The molecule has 28 heavy (non-hydrogen) atoms. The SMILES string of the molecule is CC1(C)O[C@H]2[C@H](O[Si](C)(C)C(C)(C)C)[C@@H](CO)N[C@@H](c3ccccc3O)[C@H]2O1. The predicted octanol–water partition coefficient (Wildman–Crippen LogP) is 3.31. The molecule has 0 radical (unpaired) electrons. The molecule has 0 amide bonds. The first-order valence-corrected chi connectivity index (χ1v) is 13.0. The third-order valence-corrected chi connectivity index (χ3v) is 10.8. The number of fused-ring (bicyclic) bond motifs is 1. The first-order valence-electron chi connectivity index (χ1n) is 10.0. The maximum absolute atomic E-state index is 10.4. The van der Waals surface area contributed by atoms with Gasteiger partial charge in [-0.15, -0.1) is 0 Å². The summed E-state index contributed by atoms with van der Waals surface area (Å²) >= 11 is 0. The number of hydrogen-bond donors (Lipinski definition) is 3. The molecule has 1 aromatic carbocycles. The molecule has 0 saturated carbocycles. The van der Waals surface area contributed by atoms with Crippen molar-refractivity contribution in [1.29, 1.82) is 0 Å². The van der Waals surface area contributed by atoms with E-state index in [1.54, 1.807) is 12.1 Å². The van der Waals surface area contributed by atoms with Gasteiger partial charge >= 0.3 is 0 Å². The van der Waals surface area contributed by atoms with E-state index >= 15 is 0 Å². The number of hydrogen-bond acceptors (Lipinski definition) is 6. The van der Waals surface area contributed by atoms with Crippen molar-refractivity contribution in [2.45, 2.75) is 88.9 Å². The predicted molar refractivity (Wildman–Crippen MR) is 111 cm³/mol. The zero-order valence-electron chi connectivity index (χ0n) is 18.0. The summed E-state index contributed by atoms with van der Waals surface area (Å²) in [6.07, 6.45) is -1.01. The summed E-state index contributed by atoms with van der Waals surface area (Å²) in [5, 5.41) is 24.1. The van der Waals surface area contributed by atoms with Crippen LogP contribution >= 0.6 is 0 Å². The van der Waals surface area contributed by atoms with Gasteiger partial charge in [-0.3, -0.25) is 0 Å². The molecule has 7 heteroatoms. The first kappa shape index (κ1) is 21.7. The molecular formula is C21H35NO5Si. The highest BCUT2D eigenvalue weighted by Crippen LogP contribution is 2.45. The number of phenolic OH excluding ortho intramolecular Hbond substituents is 1. The smallest absolute Gasteiger partial charge is 0.192 e. The molecule has 2 saturated heterocycles. The molecule has 0 aliphatic carbocycles. The van der Waals surface area contributed by atoms with Gasteiger partial charge in [0.05, 0.1) is 24.8 Å². The van der Waals surface area contributed by atoms with Crippen molar-refractivity contribution in [3.05, 3.63) is 29.8 Å². The van der Waals surface area contributed by atoms with Gasteiger partial charge in [0.15, 0.2) is 14.1 Å². The molecule has 0 aromatic heterocycles. The van der Waals surface area contributed by atoms with E-state index in [4.69, 9.17) is 13.9 Å². The molecule has 0 unspecified atom stereocenters. The Bertz CT molecular complexity index is 702. The van der Waals surface area contributed by atoms with Crippen LogP contribution in [0, 0.1) is 0 Å². The Morgan fingerprint density at radius 3 is 2.32 bits per heavy atom. The standard InChI is InChI=1S/C21H35NO5Si/c1-20(2,3)28(6,7)27-17-14(12-23)22-16(13-10-8-9-11-15(13)24)18-19(17)26-21(4,5)25-18/h8-11,14,16-19,22-24H,12H2,1-7H3/t14-,16+,17-,18-,19+/m1/s1. The maximum atomic E-state index is 10.4. The number of para-hydroxylation sites is 1. The van der Waals surface area contributed by atoms with Crippen molar-refractivity contribution >= 4 is 8.32 Å². The summed E-state index contributed by atoms with van der Waals surface area (Å²) < 4.78 is 19.3. The van der Waals surface area contributed by atoms with Crippen LogP contribution in [-0.2, 0) is 13.9 Å². The number of aliphatic hydroxyl groups is 1. The first-order chi connectivity index (χ1) is 12.9. The Labute approximate surface area is 169 Å². The van der Waals surface area contributed by atoms with Gasteiger partial charge in [0.25, 0.3) is 0 Å². The number of phenols is 1. The highest BCUT2D eigenvalue weighted by molar-refractivity contribution is 6.74. The fourth-order valence-corrected chi connectivity index (χ4v) is 5.15. The fraction of sp³-hybridized carbons (Fsp3) is 0.714. The summed E-state index contributed by atoms with van der Waals surface area (Å²) in [4.78, 5) is 0. The minimum Gasteiger partial charge on any atom is -0.508 e. The lowest BCUT2D eigenvalue weighted by Gasteiger charge is -2.48. The van der Waals surface area contributed by atoms with Gasteiger partial charge in [-0.25, -0.2) is 0 Å². The van der Waals surface area contributed by atoms with E-state index in [2.05, 4.69) is 39.2 Å². The number of piperidine rings is 1. The van der Waals surface area contributed by atoms with Gasteiger partial charge in [0.2, 0.25) is 0 Å². The number of rotatable bonds is 4. The topological polar surface area (TPSA) is 80.2 Å². The van der Waals surface area contributed by atoms with E-state index in [-0.39, 0.29) is 47.8 Å². The molecule has 6 nitrogen and oxygen atoms in total. The van der Waals surface area contributed by atoms with Crippen molar-refractivity contribution in [3.63, 3.8) is 0 Å². The fourth-order valence-electron chi connectivity index (χ4n) is 3.82. The van der Waals surface area contributed by atoms with Crippen LogP contribution in [0.4, 0.5) is 0 Å². The van der Waals surface area contributed by atoms with Crippen molar-refractivity contribution < 1.29 is 24.1 Å². The zero-order chi connectivity index (χ0) is 20.9.